The first-order valence-electron chi connectivity index (χ1n) is 5.88. The van der Waals surface area contributed by atoms with Crippen LogP contribution in [0, 0.1) is 5.92 Å². The number of nitrogens with zero attached hydrogens (tertiary/aromatic N) is 4. The molecule has 0 radical (unpaired) electrons. The Morgan fingerprint density at radius 2 is 2.33 bits per heavy atom. The lowest BCUT2D eigenvalue weighted by atomic mass is 9.98. The van der Waals surface area contributed by atoms with Gasteiger partial charge in [-0.05, 0) is 12.8 Å². The molecule has 0 spiro atoms. The molecule has 2 rings (SSSR count). The zero-order valence-corrected chi connectivity index (χ0v) is 10.3. The third-order valence-electron chi connectivity index (χ3n) is 3.07. The van der Waals surface area contributed by atoms with E-state index >= 15 is 0 Å². The van der Waals surface area contributed by atoms with E-state index in [1.807, 2.05) is 0 Å². The zero-order chi connectivity index (χ0) is 13.0. The first-order valence-corrected chi connectivity index (χ1v) is 5.88. The average molecular weight is 252 g/mol. The Hall–Kier alpha value is -1.92. The average Bonchev–Trinajstić information content (AvgIpc) is 2.90. The van der Waals surface area contributed by atoms with Crippen molar-refractivity contribution in [3.8, 4) is 0 Å². The molecule has 0 aliphatic carbocycles. The Kier molecular flexibility index (Phi) is 3.91. The summed E-state index contributed by atoms with van der Waals surface area (Å²) in [5.74, 6) is -0.495. The van der Waals surface area contributed by atoms with Crippen molar-refractivity contribution in [2.45, 2.75) is 19.4 Å². The number of amides is 1. The second-order valence-corrected chi connectivity index (χ2v) is 4.30. The van der Waals surface area contributed by atoms with Gasteiger partial charge in [0.1, 0.15) is 19.2 Å². The van der Waals surface area contributed by atoms with E-state index in [2.05, 4.69) is 10.1 Å². The SMILES string of the molecule is COC(=O)[C@H]1CCCN(C(=O)Cn2cncn2)C1. The molecular formula is C11H16N4O3. The standard InChI is InChI=1S/C11H16N4O3/c1-18-11(17)9-3-2-4-14(5-9)10(16)6-15-8-12-7-13-15/h7-9H,2-6H2,1H3/t9-/m0/s1. The summed E-state index contributed by atoms with van der Waals surface area (Å²) >= 11 is 0. The van der Waals surface area contributed by atoms with Gasteiger partial charge in [-0.25, -0.2) is 9.67 Å². The fourth-order valence-electron chi connectivity index (χ4n) is 2.12. The van der Waals surface area contributed by atoms with Crippen LogP contribution >= 0.6 is 0 Å². The second kappa shape index (κ2) is 5.61. The molecule has 0 bridgehead atoms. The number of methoxy groups -OCH3 is 1. The van der Waals surface area contributed by atoms with Gasteiger partial charge in [0.05, 0.1) is 13.0 Å². The minimum Gasteiger partial charge on any atom is -0.469 e. The van der Waals surface area contributed by atoms with Gasteiger partial charge in [-0.1, -0.05) is 0 Å². The molecule has 0 unspecified atom stereocenters. The first-order chi connectivity index (χ1) is 8.70. The fourth-order valence-corrected chi connectivity index (χ4v) is 2.12. The van der Waals surface area contributed by atoms with Gasteiger partial charge >= 0.3 is 5.97 Å². The molecule has 1 atom stereocenters. The highest BCUT2D eigenvalue weighted by atomic mass is 16.5. The third kappa shape index (κ3) is 2.85. The van der Waals surface area contributed by atoms with Crippen LogP contribution in [0.25, 0.3) is 0 Å². The Morgan fingerprint density at radius 3 is 3.00 bits per heavy atom. The number of aromatic nitrogens is 3. The summed E-state index contributed by atoms with van der Waals surface area (Å²) in [4.78, 5) is 28.9. The number of esters is 1. The number of hydrogen-bond acceptors (Lipinski definition) is 5. The summed E-state index contributed by atoms with van der Waals surface area (Å²) < 4.78 is 6.20. The fraction of sp³-hybridized carbons (Fsp3) is 0.636. The molecule has 1 aliphatic heterocycles. The highest BCUT2D eigenvalue weighted by Crippen LogP contribution is 2.17. The molecule has 1 amide bonds. The molecule has 0 aromatic carbocycles. The number of rotatable bonds is 3. The van der Waals surface area contributed by atoms with E-state index in [9.17, 15) is 9.59 Å². The summed E-state index contributed by atoms with van der Waals surface area (Å²) in [6, 6.07) is 0. The van der Waals surface area contributed by atoms with Gasteiger partial charge in [-0.15, -0.1) is 0 Å². The predicted octanol–water partition coefficient (Wildman–Crippen LogP) is -0.310. The highest BCUT2D eigenvalue weighted by Gasteiger charge is 2.28. The van der Waals surface area contributed by atoms with Crippen LogP contribution in [0.15, 0.2) is 12.7 Å². The van der Waals surface area contributed by atoms with E-state index in [-0.39, 0.29) is 24.3 Å². The maximum Gasteiger partial charge on any atom is 0.310 e. The van der Waals surface area contributed by atoms with Crippen molar-refractivity contribution in [1.82, 2.24) is 19.7 Å². The maximum atomic E-state index is 12.0. The Labute approximate surface area is 105 Å². The molecule has 1 aromatic rings. The third-order valence-corrected chi connectivity index (χ3v) is 3.07. The van der Waals surface area contributed by atoms with Crippen molar-refractivity contribution >= 4 is 11.9 Å². The van der Waals surface area contributed by atoms with E-state index in [1.165, 1.54) is 24.4 Å². The summed E-state index contributed by atoms with van der Waals surface area (Å²) in [6.45, 7) is 1.27. The smallest absolute Gasteiger partial charge is 0.310 e. The number of carbonyl (C=O) groups excluding carboxylic acids is 2. The maximum absolute atomic E-state index is 12.0. The van der Waals surface area contributed by atoms with E-state index in [0.717, 1.165) is 12.8 Å². The van der Waals surface area contributed by atoms with E-state index < -0.39 is 0 Å². The molecule has 2 heterocycles. The van der Waals surface area contributed by atoms with Gasteiger partial charge in [0, 0.05) is 13.1 Å². The minimum atomic E-state index is -0.242. The lowest BCUT2D eigenvalue weighted by Gasteiger charge is -2.31. The number of likely N-dealkylation sites (tertiary alicyclic amines) is 1. The molecule has 1 saturated heterocycles. The van der Waals surface area contributed by atoms with Crippen LogP contribution in [-0.2, 0) is 20.9 Å². The highest BCUT2D eigenvalue weighted by molar-refractivity contribution is 5.78. The molecule has 18 heavy (non-hydrogen) atoms. The van der Waals surface area contributed by atoms with Crippen molar-refractivity contribution in [3.63, 3.8) is 0 Å². The van der Waals surface area contributed by atoms with Crippen LogP contribution < -0.4 is 0 Å². The molecule has 7 heteroatoms. The zero-order valence-electron chi connectivity index (χ0n) is 10.3. The van der Waals surface area contributed by atoms with Gasteiger partial charge in [0.15, 0.2) is 0 Å². The number of carbonyl (C=O) groups is 2. The van der Waals surface area contributed by atoms with Gasteiger partial charge in [0.2, 0.25) is 5.91 Å². The predicted molar refractivity (Wildman–Crippen MR) is 61.3 cm³/mol. The van der Waals surface area contributed by atoms with Crippen molar-refractivity contribution in [2.24, 2.45) is 5.92 Å². The van der Waals surface area contributed by atoms with Gasteiger partial charge < -0.3 is 9.64 Å². The summed E-state index contributed by atoms with van der Waals surface area (Å²) in [7, 11) is 1.37. The van der Waals surface area contributed by atoms with Crippen molar-refractivity contribution in [1.29, 1.82) is 0 Å². The number of piperidine rings is 1. The largest absolute Gasteiger partial charge is 0.469 e. The molecule has 1 fully saturated rings. The Morgan fingerprint density at radius 1 is 1.50 bits per heavy atom. The topological polar surface area (TPSA) is 77.3 Å². The first kappa shape index (κ1) is 12.5. The quantitative estimate of drug-likeness (QED) is 0.690. The molecule has 7 nitrogen and oxygen atoms in total. The van der Waals surface area contributed by atoms with Gasteiger partial charge in [-0.2, -0.15) is 5.10 Å². The lowest BCUT2D eigenvalue weighted by molar-refractivity contribution is -0.149. The second-order valence-electron chi connectivity index (χ2n) is 4.30. The van der Waals surface area contributed by atoms with E-state index in [1.54, 1.807) is 4.90 Å². The normalized spacial score (nSPS) is 19.6. The molecule has 98 valence electrons. The summed E-state index contributed by atoms with van der Waals surface area (Å²) in [5, 5.41) is 3.89. The van der Waals surface area contributed by atoms with Crippen molar-refractivity contribution < 1.29 is 14.3 Å². The molecule has 0 saturated carbocycles. The Balaban J connectivity index is 1.92. The van der Waals surface area contributed by atoms with Crippen LogP contribution in [0.2, 0.25) is 0 Å². The molecule has 0 N–H and O–H groups in total. The van der Waals surface area contributed by atoms with Gasteiger partial charge in [0.25, 0.3) is 0 Å². The van der Waals surface area contributed by atoms with Crippen LogP contribution in [0.3, 0.4) is 0 Å². The van der Waals surface area contributed by atoms with Gasteiger partial charge in [-0.3, -0.25) is 9.59 Å². The van der Waals surface area contributed by atoms with E-state index in [0.29, 0.717) is 13.1 Å². The minimum absolute atomic E-state index is 0.0471. The molecule has 1 aliphatic rings. The van der Waals surface area contributed by atoms with Crippen LogP contribution in [0.4, 0.5) is 0 Å². The number of hydrogen-bond donors (Lipinski definition) is 0. The lowest BCUT2D eigenvalue weighted by Crippen LogP contribution is -2.44. The molecular weight excluding hydrogens is 236 g/mol. The van der Waals surface area contributed by atoms with Crippen LogP contribution in [0.1, 0.15) is 12.8 Å². The molecule has 1 aromatic heterocycles. The number of ether oxygens (including phenoxy) is 1. The van der Waals surface area contributed by atoms with Crippen molar-refractivity contribution in [2.75, 3.05) is 20.2 Å². The van der Waals surface area contributed by atoms with Crippen LogP contribution in [-0.4, -0.2) is 51.7 Å². The Bertz CT molecular complexity index is 418. The van der Waals surface area contributed by atoms with E-state index in [4.69, 9.17) is 4.74 Å². The summed E-state index contributed by atoms with van der Waals surface area (Å²) in [6.07, 6.45) is 4.49. The van der Waals surface area contributed by atoms with Crippen molar-refractivity contribution in [3.05, 3.63) is 12.7 Å². The van der Waals surface area contributed by atoms with Crippen LogP contribution in [0.5, 0.6) is 0 Å². The summed E-state index contributed by atoms with van der Waals surface area (Å²) in [5.41, 5.74) is 0. The monoisotopic (exact) mass is 252 g/mol.